The molecule has 1 N–H and O–H groups in total. The Balaban J connectivity index is 2.05. The highest BCUT2D eigenvalue weighted by molar-refractivity contribution is 9.10. The van der Waals surface area contributed by atoms with Gasteiger partial charge in [0.2, 0.25) is 5.91 Å². The molecule has 0 heterocycles. The molecule has 0 aliphatic carbocycles. The maximum absolute atomic E-state index is 13.0. The van der Waals surface area contributed by atoms with Crippen LogP contribution in [0.4, 0.5) is 10.1 Å². The summed E-state index contributed by atoms with van der Waals surface area (Å²) in [7, 11) is 0. The minimum Gasteiger partial charge on any atom is -0.322 e. The lowest BCUT2D eigenvalue weighted by Gasteiger charge is -2.06. The number of rotatable bonds is 3. The van der Waals surface area contributed by atoms with Gasteiger partial charge in [-0.05, 0) is 54.5 Å². The second kappa shape index (κ2) is 6.48. The Morgan fingerprint density at radius 1 is 1.25 bits per heavy atom. The number of anilines is 1. The van der Waals surface area contributed by atoms with E-state index >= 15 is 0 Å². The summed E-state index contributed by atoms with van der Waals surface area (Å²) >= 11 is 3.37. The minimum atomic E-state index is -0.315. The predicted molar refractivity (Wildman–Crippen MR) is 82.9 cm³/mol. The Hall–Kier alpha value is -1.94. The zero-order valence-electron chi connectivity index (χ0n) is 10.9. The number of amides is 1. The lowest BCUT2D eigenvalue weighted by molar-refractivity contribution is -0.111. The number of carbonyl (C=O) groups is 1. The van der Waals surface area contributed by atoms with Crippen LogP contribution in [0.15, 0.2) is 53.0 Å². The van der Waals surface area contributed by atoms with Crippen LogP contribution < -0.4 is 5.32 Å². The molecule has 2 aromatic rings. The van der Waals surface area contributed by atoms with Crippen molar-refractivity contribution in [3.8, 4) is 0 Å². The molecule has 0 bridgehead atoms. The summed E-state index contributed by atoms with van der Waals surface area (Å²) in [6, 6.07) is 11.9. The summed E-state index contributed by atoms with van der Waals surface area (Å²) in [6.45, 7) is 1.75. The molecule has 2 rings (SSSR count). The monoisotopic (exact) mass is 333 g/mol. The van der Waals surface area contributed by atoms with Gasteiger partial charge >= 0.3 is 0 Å². The molecule has 0 aliphatic rings. The quantitative estimate of drug-likeness (QED) is 0.820. The lowest BCUT2D eigenvalue weighted by atomic mass is 10.2. The summed E-state index contributed by atoms with van der Waals surface area (Å²) in [6.07, 6.45) is 3.17. The van der Waals surface area contributed by atoms with Gasteiger partial charge < -0.3 is 5.32 Å². The van der Waals surface area contributed by atoms with Crippen LogP contribution in [0.3, 0.4) is 0 Å². The van der Waals surface area contributed by atoms with Gasteiger partial charge in [-0.15, -0.1) is 0 Å². The fraction of sp³-hybridized carbons (Fsp3) is 0.0625. The summed E-state index contributed by atoms with van der Waals surface area (Å²) in [5, 5.41) is 2.72. The molecule has 1 amide bonds. The fourth-order valence-electron chi connectivity index (χ4n) is 1.72. The Morgan fingerprint density at radius 2 is 2.05 bits per heavy atom. The number of hydrogen-bond acceptors (Lipinski definition) is 1. The first-order valence-corrected chi connectivity index (χ1v) is 6.85. The van der Waals surface area contributed by atoms with E-state index in [0.717, 1.165) is 10.0 Å². The molecule has 0 saturated carbocycles. The Labute approximate surface area is 125 Å². The van der Waals surface area contributed by atoms with Crippen molar-refractivity contribution in [2.24, 2.45) is 0 Å². The highest BCUT2D eigenvalue weighted by Crippen LogP contribution is 2.16. The van der Waals surface area contributed by atoms with Crippen molar-refractivity contribution in [2.45, 2.75) is 6.92 Å². The van der Waals surface area contributed by atoms with Gasteiger partial charge in [-0.1, -0.05) is 28.1 Å². The van der Waals surface area contributed by atoms with E-state index in [2.05, 4.69) is 21.2 Å². The second-order valence-corrected chi connectivity index (χ2v) is 5.25. The van der Waals surface area contributed by atoms with E-state index in [9.17, 15) is 9.18 Å². The highest BCUT2D eigenvalue weighted by Gasteiger charge is 2.02. The molecular formula is C16H13BrFNO. The second-order valence-electron chi connectivity index (χ2n) is 4.34. The molecule has 0 saturated heterocycles. The van der Waals surface area contributed by atoms with Gasteiger partial charge in [0.15, 0.2) is 0 Å². The molecule has 0 radical (unpaired) electrons. The maximum atomic E-state index is 13.0. The van der Waals surface area contributed by atoms with Crippen LogP contribution in [0.2, 0.25) is 0 Å². The Morgan fingerprint density at radius 3 is 2.75 bits per heavy atom. The van der Waals surface area contributed by atoms with Crippen LogP contribution in [0.5, 0.6) is 0 Å². The largest absolute Gasteiger partial charge is 0.322 e. The van der Waals surface area contributed by atoms with E-state index in [-0.39, 0.29) is 11.7 Å². The van der Waals surface area contributed by atoms with Gasteiger partial charge in [0.05, 0.1) is 0 Å². The normalized spacial score (nSPS) is 10.8. The third kappa shape index (κ3) is 4.03. The minimum absolute atomic E-state index is 0.250. The molecule has 0 aliphatic heterocycles. The van der Waals surface area contributed by atoms with Crippen molar-refractivity contribution in [2.75, 3.05) is 5.32 Å². The number of aryl methyl sites for hydroxylation is 1. The number of halogens is 2. The predicted octanol–water partition coefficient (Wildman–Crippen LogP) is 4.55. The zero-order valence-corrected chi connectivity index (χ0v) is 12.4. The lowest BCUT2D eigenvalue weighted by Crippen LogP contribution is -2.08. The fourth-order valence-corrected chi connectivity index (χ4v) is 2.14. The van der Waals surface area contributed by atoms with Crippen LogP contribution in [0.25, 0.3) is 6.08 Å². The van der Waals surface area contributed by atoms with Gasteiger partial charge in [-0.3, -0.25) is 4.79 Å². The van der Waals surface area contributed by atoms with Gasteiger partial charge in [0.25, 0.3) is 0 Å². The van der Waals surface area contributed by atoms with Crippen molar-refractivity contribution >= 4 is 33.6 Å². The average Bonchev–Trinajstić information content (AvgIpc) is 2.40. The third-order valence-electron chi connectivity index (χ3n) is 2.72. The Kier molecular flexibility index (Phi) is 4.69. The van der Waals surface area contributed by atoms with Crippen LogP contribution in [0.1, 0.15) is 11.1 Å². The summed E-state index contributed by atoms with van der Waals surface area (Å²) < 4.78 is 13.9. The first-order chi connectivity index (χ1) is 9.54. The summed E-state index contributed by atoms with van der Waals surface area (Å²) in [5.41, 5.74) is 2.22. The van der Waals surface area contributed by atoms with E-state index in [1.54, 1.807) is 19.1 Å². The van der Waals surface area contributed by atoms with Crippen molar-refractivity contribution in [1.82, 2.24) is 0 Å². The van der Waals surface area contributed by atoms with E-state index in [0.29, 0.717) is 11.3 Å². The van der Waals surface area contributed by atoms with E-state index in [1.165, 1.54) is 18.2 Å². The third-order valence-corrected chi connectivity index (χ3v) is 3.22. The van der Waals surface area contributed by atoms with Gasteiger partial charge in [-0.2, -0.15) is 0 Å². The van der Waals surface area contributed by atoms with E-state index in [1.807, 2.05) is 24.3 Å². The zero-order chi connectivity index (χ0) is 14.5. The molecule has 2 aromatic carbocycles. The molecule has 0 unspecified atom stereocenters. The number of nitrogens with one attached hydrogen (secondary N) is 1. The number of benzene rings is 2. The topological polar surface area (TPSA) is 29.1 Å². The van der Waals surface area contributed by atoms with Gasteiger partial charge in [0, 0.05) is 16.2 Å². The SMILES string of the molecule is Cc1cc(F)ccc1NC(=O)/C=C/c1cccc(Br)c1. The maximum Gasteiger partial charge on any atom is 0.248 e. The number of carbonyl (C=O) groups excluding carboxylic acids is 1. The smallest absolute Gasteiger partial charge is 0.248 e. The van der Waals surface area contributed by atoms with Crippen LogP contribution >= 0.6 is 15.9 Å². The summed E-state index contributed by atoms with van der Waals surface area (Å²) in [5.74, 6) is -0.565. The molecule has 0 aromatic heterocycles. The Bertz CT molecular complexity index is 667. The van der Waals surface area contributed by atoms with Gasteiger partial charge in [0.1, 0.15) is 5.82 Å². The average molecular weight is 334 g/mol. The van der Waals surface area contributed by atoms with Crippen molar-refractivity contribution in [3.63, 3.8) is 0 Å². The molecule has 20 heavy (non-hydrogen) atoms. The molecular weight excluding hydrogens is 321 g/mol. The first kappa shape index (κ1) is 14.5. The van der Waals surface area contributed by atoms with Crippen molar-refractivity contribution < 1.29 is 9.18 Å². The van der Waals surface area contributed by atoms with Gasteiger partial charge in [-0.25, -0.2) is 4.39 Å². The van der Waals surface area contributed by atoms with Crippen LogP contribution in [-0.4, -0.2) is 5.91 Å². The van der Waals surface area contributed by atoms with E-state index < -0.39 is 0 Å². The molecule has 2 nitrogen and oxygen atoms in total. The first-order valence-electron chi connectivity index (χ1n) is 6.05. The number of hydrogen-bond donors (Lipinski definition) is 1. The van der Waals surface area contributed by atoms with Crippen LogP contribution in [-0.2, 0) is 4.79 Å². The molecule has 102 valence electrons. The molecule has 0 fully saturated rings. The molecule has 0 atom stereocenters. The summed E-state index contributed by atoms with van der Waals surface area (Å²) in [4.78, 5) is 11.8. The van der Waals surface area contributed by atoms with Crippen molar-refractivity contribution in [1.29, 1.82) is 0 Å². The molecule has 4 heteroatoms. The van der Waals surface area contributed by atoms with Crippen molar-refractivity contribution in [3.05, 3.63) is 70.0 Å². The van der Waals surface area contributed by atoms with E-state index in [4.69, 9.17) is 0 Å². The molecule has 0 spiro atoms. The van der Waals surface area contributed by atoms with Crippen LogP contribution in [0, 0.1) is 12.7 Å². The standard InChI is InChI=1S/C16H13BrFNO/c1-11-9-14(18)6-7-15(11)19-16(20)8-5-12-3-2-4-13(17)10-12/h2-10H,1H3,(H,19,20)/b8-5+. The highest BCUT2D eigenvalue weighted by atomic mass is 79.9.